The second-order valence-electron chi connectivity index (χ2n) is 8.50. The van der Waals surface area contributed by atoms with E-state index in [0.717, 1.165) is 31.2 Å². The fourth-order valence-electron chi connectivity index (χ4n) is 3.59. The number of likely N-dealkylation sites (tertiary alicyclic amines) is 1. The van der Waals surface area contributed by atoms with Crippen LogP contribution in [0.2, 0.25) is 0 Å². The van der Waals surface area contributed by atoms with Gasteiger partial charge in [0.25, 0.3) is 0 Å². The van der Waals surface area contributed by atoms with Crippen LogP contribution in [0.1, 0.15) is 67.2 Å². The Morgan fingerprint density at radius 2 is 1.91 bits per heavy atom. The molecular formula is C18H34N2O2. The van der Waals surface area contributed by atoms with E-state index in [4.69, 9.17) is 4.74 Å². The van der Waals surface area contributed by atoms with Gasteiger partial charge in [-0.2, -0.15) is 0 Å². The van der Waals surface area contributed by atoms with Gasteiger partial charge >= 0.3 is 6.09 Å². The largest absolute Gasteiger partial charge is 0.444 e. The number of hydrogen-bond acceptors (Lipinski definition) is 3. The first-order chi connectivity index (χ1) is 10.2. The van der Waals surface area contributed by atoms with Crippen molar-refractivity contribution in [2.45, 2.75) is 91.0 Å². The molecule has 128 valence electrons. The molecule has 0 aromatic carbocycles. The molecule has 0 spiro atoms. The molecule has 2 rings (SSSR count). The van der Waals surface area contributed by atoms with Gasteiger partial charge in [-0.1, -0.05) is 13.8 Å². The Morgan fingerprint density at radius 3 is 2.45 bits per heavy atom. The molecule has 0 radical (unpaired) electrons. The minimum absolute atomic E-state index is 0.167. The third-order valence-corrected chi connectivity index (χ3v) is 5.18. The Labute approximate surface area is 136 Å². The van der Waals surface area contributed by atoms with E-state index in [1.807, 2.05) is 25.7 Å². The monoisotopic (exact) mass is 310 g/mol. The Morgan fingerprint density at radius 1 is 1.27 bits per heavy atom. The van der Waals surface area contributed by atoms with Gasteiger partial charge in [-0.3, -0.25) is 0 Å². The predicted octanol–water partition coefficient (Wildman–Crippen LogP) is 3.80. The number of nitrogens with one attached hydrogen (secondary N) is 1. The van der Waals surface area contributed by atoms with E-state index in [1.165, 1.54) is 12.8 Å². The Kier molecular flexibility index (Phi) is 5.41. The van der Waals surface area contributed by atoms with Crippen LogP contribution in [-0.4, -0.2) is 41.3 Å². The zero-order chi connectivity index (χ0) is 16.5. The fourth-order valence-corrected chi connectivity index (χ4v) is 3.59. The van der Waals surface area contributed by atoms with E-state index in [2.05, 4.69) is 26.1 Å². The molecule has 1 N–H and O–H groups in total. The van der Waals surface area contributed by atoms with Gasteiger partial charge in [0.2, 0.25) is 0 Å². The molecule has 0 aromatic rings. The van der Waals surface area contributed by atoms with Crippen LogP contribution >= 0.6 is 0 Å². The van der Waals surface area contributed by atoms with Crippen molar-refractivity contribution in [2.24, 2.45) is 11.8 Å². The fraction of sp³-hybridized carbons (Fsp3) is 0.944. The van der Waals surface area contributed by atoms with E-state index in [-0.39, 0.29) is 12.1 Å². The summed E-state index contributed by atoms with van der Waals surface area (Å²) < 4.78 is 5.55. The van der Waals surface area contributed by atoms with Crippen LogP contribution in [0, 0.1) is 11.8 Å². The van der Waals surface area contributed by atoms with Crippen molar-refractivity contribution in [1.29, 1.82) is 0 Å². The second-order valence-corrected chi connectivity index (χ2v) is 8.50. The van der Waals surface area contributed by atoms with Crippen LogP contribution in [0.5, 0.6) is 0 Å². The van der Waals surface area contributed by atoms with Crippen molar-refractivity contribution in [3.05, 3.63) is 0 Å². The van der Waals surface area contributed by atoms with Gasteiger partial charge in [-0.25, -0.2) is 4.79 Å². The number of ether oxygens (including phenoxy) is 1. The summed E-state index contributed by atoms with van der Waals surface area (Å²) in [6.07, 6.45) is 4.62. The molecule has 0 aromatic heterocycles. The van der Waals surface area contributed by atoms with Crippen LogP contribution < -0.4 is 5.32 Å². The van der Waals surface area contributed by atoms with Crippen LogP contribution in [-0.2, 0) is 4.74 Å². The zero-order valence-electron chi connectivity index (χ0n) is 15.2. The molecule has 1 heterocycles. The molecule has 4 nitrogen and oxygen atoms in total. The quantitative estimate of drug-likeness (QED) is 0.862. The lowest BCUT2D eigenvalue weighted by atomic mass is 9.73. The first kappa shape index (κ1) is 17.6. The van der Waals surface area contributed by atoms with Crippen LogP contribution in [0.25, 0.3) is 0 Å². The summed E-state index contributed by atoms with van der Waals surface area (Å²) in [6, 6.07) is 1.25. The molecule has 1 saturated carbocycles. The highest BCUT2D eigenvalue weighted by molar-refractivity contribution is 5.68. The minimum Gasteiger partial charge on any atom is -0.444 e. The maximum absolute atomic E-state index is 12.4. The summed E-state index contributed by atoms with van der Waals surface area (Å²) in [7, 11) is 0. The van der Waals surface area contributed by atoms with Crippen LogP contribution in [0.15, 0.2) is 0 Å². The molecule has 1 aliphatic carbocycles. The lowest BCUT2D eigenvalue weighted by Crippen LogP contribution is -2.59. The molecule has 1 aliphatic heterocycles. The second kappa shape index (κ2) is 6.77. The molecule has 2 atom stereocenters. The Bertz CT molecular complexity index is 383. The van der Waals surface area contributed by atoms with Crippen molar-refractivity contribution in [3.63, 3.8) is 0 Å². The van der Waals surface area contributed by atoms with Gasteiger partial charge < -0.3 is 15.0 Å². The average molecular weight is 310 g/mol. The summed E-state index contributed by atoms with van der Waals surface area (Å²) in [4.78, 5) is 14.3. The molecule has 2 unspecified atom stereocenters. The number of carbonyl (C=O) groups is 1. The summed E-state index contributed by atoms with van der Waals surface area (Å²) in [5, 5.41) is 3.79. The summed E-state index contributed by atoms with van der Waals surface area (Å²) in [5.41, 5.74) is -0.421. The summed E-state index contributed by atoms with van der Waals surface area (Å²) in [5.74, 6) is 1.67. The number of hydrogen-bond donors (Lipinski definition) is 1. The number of piperidine rings is 1. The maximum atomic E-state index is 12.4. The van der Waals surface area contributed by atoms with Crippen LogP contribution in [0.4, 0.5) is 4.79 Å². The molecule has 4 heteroatoms. The maximum Gasteiger partial charge on any atom is 0.410 e. The van der Waals surface area contributed by atoms with Crippen molar-refractivity contribution < 1.29 is 9.53 Å². The van der Waals surface area contributed by atoms with Crippen molar-refractivity contribution in [3.8, 4) is 0 Å². The first-order valence-electron chi connectivity index (χ1n) is 8.93. The molecule has 1 amide bonds. The molecular weight excluding hydrogens is 276 g/mol. The van der Waals surface area contributed by atoms with Crippen molar-refractivity contribution in [1.82, 2.24) is 10.2 Å². The molecule has 2 fully saturated rings. The zero-order valence-corrected chi connectivity index (χ0v) is 15.2. The number of carbonyl (C=O) groups excluding carboxylic acids is 1. The standard InChI is InChI=1S/C18H34N2O2/c1-12(2)14-10-15(11-14)19-16-8-7-9-20(13(16)3)17(21)22-18(4,5)6/h12-16,19H,7-11H2,1-6H3. The molecule has 1 saturated heterocycles. The highest BCUT2D eigenvalue weighted by atomic mass is 16.6. The first-order valence-corrected chi connectivity index (χ1v) is 8.93. The van der Waals surface area contributed by atoms with Crippen molar-refractivity contribution in [2.75, 3.05) is 6.54 Å². The van der Waals surface area contributed by atoms with Crippen molar-refractivity contribution >= 4 is 6.09 Å². The van der Waals surface area contributed by atoms with Crippen LogP contribution in [0.3, 0.4) is 0 Å². The van der Waals surface area contributed by atoms with Gasteiger partial charge in [0.15, 0.2) is 0 Å². The molecule has 2 aliphatic rings. The van der Waals surface area contributed by atoms with E-state index in [1.54, 1.807) is 0 Å². The smallest absolute Gasteiger partial charge is 0.410 e. The van der Waals surface area contributed by atoms with E-state index >= 15 is 0 Å². The number of nitrogens with zero attached hydrogens (tertiary/aromatic N) is 1. The van der Waals surface area contributed by atoms with E-state index in [9.17, 15) is 4.79 Å². The Hall–Kier alpha value is -0.770. The molecule has 22 heavy (non-hydrogen) atoms. The predicted molar refractivity (Wildman–Crippen MR) is 89.9 cm³/mol. The van der Waals surface area contributed by atoms with Gasteiger partial charge in [0.05, 0.1) is 0 Å². The third kappa shape index (κ3) is 4.37. The Balaban J connectivity index is 1.85. The highest BCUT2D eigenvalue weighted by Gasteiger charge is 2.37. The van der Waals surface area contributed by atoms with Gasteiger partial charge in [0.1, 0.15) is 5.60 Å². The van der Waals surface area contributed by atoms with Gasteiger partial charge in [-0.05, 0) is 65.2 Å². The highest BCUT2D eigenvalue weighted by Crippen LogP contribution is 2.34. The lowest BCUT2D eigenvalue weighted by Gasteiger charge is -2.45. The van der Waals surface area contributed by atoms with Gasteiger partial charge in [0, 0.05) is 24.7 Å². The summed E-state index contributed by atoms with van der Waals surface area (Å²) >= 11 is 0. The minimum atomic E-state index is -0.421. The number of amides is 1. The topological polar surface area (TPSA) is 41.6 Å². The van der Waals surface area contributed by atoms with E-state index in [0.29, 0.717) is 12.1 Å². The van der Waals surface area contributed by atoms with E-state index < -0.39 is 5.60 Å². The van der Waals surface area contributed by atoms with Gasteiger partial charge in [-0.15, -0.1) is 0 Å². The average Bonchev–Trinajstić information content (AvgIpc) is 2.32. The summed E-state index contributed by atoms with van der Waals surface area (Å²) in [6.45, 7) is 13.4. The molecule has 0 bridgehead atoms. The number of rotatable bonds is 3. The normalized spacial score (nSPS) is 32.8. The lowest BCUT2D eigenvalue weighted by molar-refractivity contribution is 0.00422. The third-order valence-electron chi connectivity index (χ3n) is 5.18. The SMILES string of the molecule is CC(C)C1CC(NC2CCCN(C(=O)OC(C)(C)C)C2C)C1.